The highest BCUT2D eigenvalue weighted by molar-refractivity contribution is 9.10. The molecule has 0 N–H and O–H groups in total. The van der Waals surface area contributed by atoms with Gasteiger partial charge < -0.3 is 4.90 Å². The predicted molar refractivity (Wildman–Crippen MR) is 69.4 cm³/mol. The molecule has 84 valence electrons. The van der Waals surface area contributed by atoms with Gasteiger partial charge in [-0.15, -0.1) is 0 Å². The lowest BCUT2D eigenvalue weighted by Gasteiger charge is -2.27. The maximum absolute atomic E-state index is 4.46. The molecule has 1 atom stereocenters. The number of hydrogen-bond acceptors (Lipinski definition) is 2. The van der Waals surface area contributed by atoms with E-state index in [1.54, 1.807) is 0 Å². The van der Waals surface area contributed by atoms with E-state index in [0.29, 0.717) is 6.04 Å². The van der Waals surface area contributed by atoms with Crippen molar-refractivity contribution in [3.63, 3.8) is 0 Å². The number of rotatable bonds is 4. The van der Waals surface area contributed by atoms with E-state index in [1.165, 1.54) is 18.4 Å². The fraction of sp³-hybridized carbons (Fsp3) is 0.583. The highest BCUT2D eigenvalue weighted by Gasteiger charge is 2.12. The first-order chi connectivity index (χ1) is 7.06. The summed E-state index contributed by atoms with van der Waals surface area (Å²) >= 11 is 3.43. The van der Waals surface area contributed by atoms with Crippen molar-refractivity contribution in [2.45, 2.75) is 39.7 Å². The van der Waals surface area contributed by atoms with Crippen LogP contribution in [-0.2, 0) is 0 Å². The van der Waals surface area contributed by atoms with Gasteiger partial charge in [-0.25, -0.2) is 4.98 Å². The van der Waals surface area contributed by atoms with E-state index in [4.69, 9.17) is 0 Å². The largest absolute Gasteiger partial charge is 0.357 e. The van der Waals surface area contributed by atoms with Crippen molar-refractivity contribution in [1.82, 2.24) is 4.98 Å². The molecular formula is C12H19BrN2. The molecule has 1 heterocycles. The van der Waals surface area contributed by atoms with Gasteiger partial charge in [-0.1, -0.05) is 13.3 Å². The summed E-state index contributed by atoms with van der Waals surface area (Å²) in [6, 6.07) is 2.65. The Bertz CT molecular complexity index is 325. The van der Waals surface area contributed by atoms with Gasteiger partial charge in [0.05, 0.1) is 0 Å². The molecule has 3 heteroatoms. The molecule has 0 amide bonds. The van der Waals surface area contributed by atoms with Gasteiger partial charge in [-0.05, 0) is 47.8 Å². The number of aryl methyl sites for hydroxylation is 1. The van der Waals surface area contributed by atoms with E-state index in [9.17, 15) is 0 Å². The Kier molecular flexibility index (Phi) is 4.58. The van der Waals surface area contributed by atoms with Crippen LogP contribution in [0, 0.1) is 6.92 Å². The fourth-order valence-electron chi connectivity index (χ4n) is 1.72. The van der Waals surface area contributed by atoms with E-state index in [0.717, 1.165) is 10.3 Å². The van der Waals surface area contributed by atoms with Gasteiger partial charge in [0, 0.05) is 23.8 Å². The molecule has 0 saturated heterocycles. The molecule has 0 bridgehead atoms. The number of hydrogen-bond donors (Lipinski definition) is 0. The van der Waals surface area contributed by atoms with Crippen molar-refractivity contribution >= 4 is 21.7 Å². The van der Waals surface area contributed by atoms with Crippen LogP contribution in [0.4, 0.5) is 5.82 Å². The third-order valence-corrected chi connectivity index (χ3v) is 3.15. The van der Waals surface area contributed by atoms with Gasteiger partial charge in [-0.3, -0.25) is 0 Å². The summed E-state index contributed by atoms with van der Waals surface area (Å²) in [6.45, 7) is 6.56. The number of pyridine rings is 1. The first-order valence-corrected chi connectivity index (χ1v) is 6.20. The molecule has 1 aromatic heterocycles. The lowest BCUT2D eigenvalue weighted by atomic mass is 10.1. The average molecular weight is 271 g/mol. The Balaban J connectivity index is 2.86. The minimum atomic E-state index is 0.544. The summed E-state index contributed by atoms with van der Waals surface area (Å²) in [4.78, 5) is 6.72. The van der Waals surface area contributed by atoms with E-state index in [1.807, 2.05) is 6.20 Å². The quantitative estimate of drug-likeness (QED) is 0.828. The Morgan fingerprint density at radius 3 is 2.73 bits per heavy atom. The van der Waals surface area contributed by atoms with Gasteiger partial charge in [0.15, 0.2) is 0 Å². The molecule has 0 spiro atoms. The predicted octanol–water partition coefficient (Wildman–Crippen LogP) is 3.78. The molecular weight excluding hydrogens is 252 g/mol. The molecule has 0 aliphatic carbocycles. The molecule has 1 aromatic rings. The second-order valence-electron chi connectivity index (χ2n) is 4.04. The number of aromatic nitrogens is 1. The van der Waals surface area contributed by atoms with Crippen LogP contribution in [0.5, 0.6) is 0 Å². The van der Waals surface area contributed by atoms with Crippen LogP contribution >= 0.6 is 15.9 Å². The summed E-state index contributed by atoms with van der Waals surface area (Å²) in [5.74, 6) is 1.08. The molecule has 0 aliphatic rings. The zero-order valence-electron chi connectivity index (χ0n) is 9.92. The van der Waals surface area contributed by atoms with Crippen molar-refractivity contribution in [2.24, 2.45) is 0 Å². The second-order valence-corrected chi connectivity index (χ2v) is 4.96. The third-order valence-electron chi connectivity index (χ3n) is 2.72. The Hall–Kier alpha value is -0.570. The zero-order chi connectivity index (χ0) is 11.4. The van der Waals surface area contributed by atoms with E-state index in [-0.39, 0.29) is 0 Å². The topological polar surface area (TPSA) is 16.1 Å². The van der Waals surface area contributed by atoms with Crippen molar-refractivity contribution < 1.29 is 0 Å². The summed E-state index contributed by atoms with van der Waals surface area (Å²) in [6.07, 6.45) is 4.27. The minimum absolute atomic E-state index is 0.544. The van der Waals surface area contributed by atoms with Crippen molar-refractivity contribution in [3.8, 4) is 0 Å². The monoisotopic (exact) mass is 270 g/mol. The van der Waals surface area contributed by atoms with Crippen LogP contribution in [0.1, 0.15) is 32.3 Å². The third kappa shape index (κ3) is 3.20. The number of nitrogens with zero attached hydrogens (tertiary/aromatic N) is 2. The van der Waals surface area contributed by atoms with Gasteiger partial charge in [0.1, 0.15) is 5.82 Å². The van der Waals surface area contributed by atoms with Crippen LogP contribution in [0.25, 0.3) is 0 Å². The first kappa shape index (κ1) is 12.5. The molecule has 0 fully saturated rings. The first-order valence-electron chi connectivity index (χ1n) is 5.41. The number of halogens is 1. The Labute approximate surface area is 101 Å². The second kappa shape index (κ2) is 5.50. The summed E-state index contributed by atoms with van der Waals surface area (Å²) in [7, 11) is 2.11. The van der Waals surface area contributed by atoms with E-state index < -0.39 is 0 Å². The Morgan fingerprint density at radius 2 is 2.20 bits per heavy atom. The number of anilines is 1. The summed E-state index contributed by atoms with van der Waals surface area (Å²) in [5.41, 5.74) is 1.22. The summed E-state index contributed by atoms with van der Waals surface area (Å²) in [5, 5.41) is 0. The molecule has 0 aromatic carbocycles. The maximum Gasteiger partial charge on any atom is 0.131 e. The lowest BCUT2D eigenvalue weighted by molar-refractivity contribution is 0.610. The minimum Gasteiger partial charge on any atom is -0.357 e. The van der Waals surface area contributed by atoms with Crippen LogP contribution < -0.4 is 4.90 Å². The molecule has 0 saturated carbocycles. The van der Waals surface area contributed by atoms with Crippen LogP contribution in [0.2, 0.25) is 0 Å². The van der Waals surface area contributed by atoms with Crippen LogP contribution in [0.3, 0.4) is 0 Å². The molecule has 1 rings (SSSR count). The highest BCUT2D eigenvalue weighted by atomic mass is 79.9. The van der Waals surface area contributed by atoms with E-state index in [2.05, 4.69) is 59.7 Å². The normalized spacial score (nSPS) is 12.6. The van der Waals surface area contributed by atoms with Crippen molar-refractivity contribution in [2.75, 3.05) is 11.9 Å². The smallest absolute Gasteiger partial charge is 0.131 e. The molecule has 15 heavy (non-hydrogen) atoms. The molecule has 0 radical (unpaired) electrons. The standard InChI is InChI=1S/C12H19BrN2/c1-5-6-10(3)15(4)12-9(2)7-11(13)8-14-12/h7-8,10H,5-6H2,1-4H3. The fourth-order valence-corrected chi connectivity index (χ4v) is 2.17. The van der Waals surface area contributed by atoms with Gasteiger partial charge in [-0.2, -0.15) is 0 Å². The molecule has 0 aliphatic heterocycles. The van der Waals surface area contributed by atoms with Crippen LogP contribution in [0.15, 0.2) is 16.7 Å². The van der Waals surface area contributed by atoms with Crippen molar-refractivity contribution in [1.29, 1.82) is 0 Å². The highest BCUT2D eigenvalue weighted by Crippen LogP contribution is 2.22. The van der Waals surface area contributed by atoms with Crippen LogP contribution in [-0.4, -0.2) is 18.1 Å². The van der Waals surface area contributed by atoms with Gasteiger partial charge >= 0.3 is 0 Å². The van der Waals surface area contributed by atoms with E-state index >= 15 is 0 Å². The maximum atomic E-state index is 4.46. The van der Waals surface area contributed by atoms with Gasteiger partial charge in [0.25, 0.3) is 0 Å². The molecule has 1 unspecified atom stereocenters. The Morgan fingerprint density at radius 1 is 1.53 bits per heavy atom. The zero-order valence-corrected chi connectivity index (χ0v) is 11.5. The lowest BCUT2D eigenvalue weighted by Crippen LogP contribution is -2.29. The average Bonchev–Trinajstić information content (AvgIpc) is 2.17. The summed E-state index contributed by atoms with van der Waals surface area (Å²) < 4.78 is 1.04. The van der Waals surface area contributed by atoms with Crippen molar-refractivity contribution in [3.05, 3.63) is 22.3 Å². The SMILES string of the molecule is CCCC(C)N(C)c1ncc(Br)cc1C. The molecule has 2 nitrogen and oxygen atoms in total. The van der Waals surface area contributed by atoms with Gasteiger partial charge in [0.2, 0.25) is 0 Å².